The molecular weight excluding hydrogens is 144 g/mol. The Morgan fingerprint density at radius 2 is 2.27 bits per heavy atom. The van der Waals surface area contributed by atoms with Crippen LogP contribution >= 0.6 is 0 Å². The Morgan fingerprint density at radius 1 is 1.45 bits per heavy atom. The first-order valence-electron chi connectivity index (χ1n) is 2.96. The molecule has 0 fully saturated rings. The molecule has 1 N–H and O–H groups in total. The summed E-state index contributed by atoms with van der Waals surface area (Å²) in [7, 11) is 0. The Kier molecular flexibility index (Phi) is 2.32. The third kappa shape index (κ3) is 2.17. The van der Waals surface area contributed by atoms with Gasteiger partial charge in [0.2, 0.25) is 0 Å². The average Bonchev–Trinajstić information content (AvgIpc) is 1.84. The number of hydrogen-bond acceptors (Lipinski definition) is 3. The van der Waals surface area contributed by atoms with Gasteiger partial charge in [-0.2, -0.15) is 0 Å². The van der Waals surface area contributed by atoms with E-state index >= 15 is 0 Å². The largest absolute Gasteiger partial charge is 0.477 e. The molecule has 4 heteroatoms. The van der Waals surface area contributed by atoms with E-state index in [2.05, 4.69) is 9.98 Å². The summed E-state index contributed by atoms with van der Waals surface area (Å²) in [6.45, 7) is 0. The van der Waals surface area contributed by atoms with Crippen molar-refractivity contribution in [3.05, 3.63) is 23.9 Å². The number of carboxylic acids is 1. The molecule has 0 saturated carbocycles. The van der Waals surface area contributed by atoms with Crippen LogP contribution < -0.4 is 0 Å². The molecule has 0 saturated heterocycles. The zero-order valence-corrected chi connectivity index (χ0v) is 5.64. The minimum absolute atomic E-state index is 0.0156. The zero-order chi connectivity index (χ0) is 8.10. The van der Waals surface area contributed by atoms with Gasteiger partial charge in [-0.05, 0) is 12.2 Å². The van der Waals surface area contributed by atoms with Crippen molar-refractivity contribution in [2.75, 3.05) is 0 Å². The molecule has 0 atom stereocenters. The molecule has 1 heterocycles. The highest BCUT2D eigenvalue weighted by atomic mass is 16.4. The monoisotopic (exact) mass is 150 g/mol. The number of rotatable bonds is 1. The van der Waals surface area contributed by atoms with E-state index in [0.29, 0.717) is 0 Å². The highest BCUT2D eigenvalue weighted by molar-refractivity contribution is 5.90. The Labute approximate surface area is 63.3 Å². The number of aliphatic imine (C=N–C) groups is 2. The van der Waals surface area contributed by atoms with Crippen LogP contribution in [-0.2, 0) is 4.79 Å². The van der Waals surface area contributed by atoms with Gasteiger partial charge in [0.15, 0.2) is 0 Å². The predicted octanol–water partition coefficient (Wildman–Crippen LogP) is 0.624. The van der Waals surface area contributed by atoms with E-state index < -0.39 is 5.97 Å². The van der Waals surface area contributed by atoms with Crippen molar-refractivity contribution in [1.29, 1.82) is 0 Å². The molecular formula is C7H6N2O2. The molecule has 0 aromatic heterocycles. The lowest BCUT2D eigenvalue weighted by Gasteiger charge is -1.91. The lowest BCUT2D eigenvalue weighted by molar-refractivity contribution is -0.132. The van der Waals surface area contributed by atoms with Crippen molar-refractivity contribution < 1.29 is 9.90 Å². The standard InChI is InChI=1S/C7H6N2O2/c10-7(11)6-3-1-2-4-8-5-9-6/h1-5H,(H,10,11). The molecule has 0 bridgehead atoms. The smallest absolute Gasteiger partial charge is 0.354 e. The van der Waals surface area contributed by atoms with Crippen molar-refractivity contribution in [1.82, 2.24) is 0 Å². The Hall–Kier alpha value is -1.71. The van der Waals surface area contributed by atoms with E-state index in [1.807, 2.05) is 0 Å². The molecule has 1 aliphatic rings. The number of hydrogen-bond donors (Lipinski definition) is 1. The molecule has 4 nitrogen and oxygen atoms in total. The van der Waals surface area contributed by atoms with Gasteiger partial charge in [0.05, 0.1) is 0 Å². The van der Waals surface area contributed by atoms with Crippen LogP contribution in [0.5, 0.6) is 0 Å². The van der Waals surface area contributed by atoms with Gasteiger partial charge < -0.3 is 5.11 Å². The molecule has 0 aromatic carbocycles. The number of carboxylic acid groups (broad SMARTS) is 1. The predicted molar refractivity (Wildman–Crippen MR) is 41.8 cm³/mol. The van der Waals surface area contributed by atoms with Crippen LogP contribution in [0.2, 0.25) is 0 Å². The van der Waals surface area contributed by atoms with E-state index in [1.165, 1.54) is 18.6 Å². The van der Waals surface area contributed by atoms with Crippen LogP contribution in [0, 0.1) is 0 Å². The Bertz CT molecular complexity index is 274. The quantitative estimate of drug-likeness (QED) is 0.595. The van der Waals surface area contributed by atoms with Gasteiger partial charge in [0.25, 0.3) is 0 Å². The summed E-state index contributed by atoms with van der Waals surface area (Å²) in [6.07, 6.45) is 7.34. The van der Waals surface area contributed by atoms with Gasteiger partial charge in [-0.15, -0.1) is 0 Å². The van der Waals surface area contributed by atoms with E-state index in [1.54, 1.807) is 12.2 Å². The van der Waals surface area contributed by atoms with Crippen molar-refractivity contribution in [3.63, 3.8) is 0 Å². The van der Waals surface area contributed by atoms with Gasteiger partial charge in [-0.1, -0.05) is 6.08 Å². The summed E-state index contributed by atoms with van der Waals surface area (Å²) in [5.41, 5.74) is -0.0156. The topological polar surface area (TPSA) is 62.0 Å². The lowest BCUT2D eigenvalue weighted by atomic mass is 10.3. The molecule has 11 heavy (non-hydrogen) atoms. The van der Waals surface area contributed by atoms with Crippen molar-refractivity contribution in [3.8, 4) is 0 Å². The highest BCUT2D eigenvalue weighted by Crippen LogP contribution is 1.97. The maximum atomic E-state index is 10.4. The van der Waals surface area contributed by atoms with Crippen LogP contribution in [0.25, 0.3) is 0 Å². The summed E-state index contributed by atoms with van der Waals surface area (Å²) in [6, 6.07) is 0. The molecule has 0 unspecified atom stereocenters. The number of carbonyl (C=O) groups is 1. The first-order chi connectivity index (χ1) is 5.30. The first-order valence-corrected chi connectivity index (χ1v) is 2.96. The SMILES string of the molecule is O=C(O)C1=CC=CC=NC=N1. The molecule has 1 aliphatic heterocycles. The molecule has 0 radical (unpaired) electrons. The summed E-state index contributed by atoms with van der Waals surface area (Å²) in [4.78, 5) is 17.6. The first kappa shape index (κ1) is 7.40. The van der Waals surface area contributed by atoms with Crippen LogP contribution in [0.1, 0.15) is 0 Å². The minimum atomic E-state index is -1.05. The number of aliphatic carboxylic acids is 1. The lowest BCUT2D eigenvalue weighted by Crippen LogP contribution is -1.97. The second-order valence-electron chi connectivity index (χ2n) is 1.78. The summed E-state index contributed by atoms with van der Waals surface area (Å²) < 4.78 is 0. The van der Waals surface area contributed by atoms with E-state index in [4.69, 9.17) is 5.11 Å². The fourth-order valence-electron chi connectivity index (χ4n) is 0.550. The van der Waals surface area contributed by atoms with Gasteiger partial charge in [0.1, 0.15) is 12.0 Å². The molecule has 0 spiro atoms. The van der Waals surface area contributed by atoms with E-state index in [-0.39, 0.29) is 5.70 Å². The molecule has 0 amide bonds. The van der Waals surface area contributed by atoms with Crippen molar-refractivity contribution in [2.24, 2.45) is 9.98 Å². The minimum Gasteiger partial charge on any atom is -0.477 e. The van der Waals surface area contributed by atoms with Crippen LogP contribution in [0.3, 0.4) is 0 Å². The summed E-state index contributed by atoms with van der Waals surface area (Å²) in [5.74, 6) is -1.05. The summed E-state index contributed by atoms with van der Waals surface area (Å²) >= 11 is 0. The molecule has 1 rings (SSSR count). The molecule has 0 aliphatic carbocycles. The van der Waals surface area contributed by atoms with Gasteiger partial charge in [-0.3, -0.25) is 0 Å². The summed E-state index contributed by atoms with van der Waals surface area (Å²) in [5, 5.41) is 8.49. The Morgan fingerprint density at radius 3 is 3.00 bits per heavy atom. The zero-order valence-electron chi connectivity index (χ0n) is 5.64. The van der Waals surface area contributed by atoms with Crippen LogP contribution in [0.4, 0.5) is 0 Å². The van der Waals surface area contributed by atoms with E-state index in [0.717, 1.165) is 0 Å². The number of allylic oxidation sites excluding steroid dienone is 3. The second-order valence-corrected chi connectivity index (χ2v) is 1.78. The second kappa shape index (κ2) is 3.46. The normalized spacial score (nSPS) is 15.5. The van der Waals surface area contributed by atoms with Gasteiger partial charge in [0, 0.05) is 6.21 Å². The van der Waals surface area contributed by atoms with Crippen LogP contribution in [-0.4, -0.2) is 23.6 Å². The van der Waals surface area contributed by atoms with Crippen LogP contribution in [0.15, 0.2) is 33.9 Å². The molecule has 56 valence electrons. The van der Waals surface area contributed by atoms with Gasteiger partial charge in [-0.25, -0.2) is 14.8 Å². The third-order valence-electron chi connectivity index (χ3n) is 1.02. The van der Waals surface area contributed by atoms with E-state index in [9.17, 15) is 4.79 Å². The average molecular weight is 150 g/mol. The highest BCUT2D eigenvalue weighted by Gasteiger charge is 2.01. The maximum Gasteiger partial charge on any atom is 0.354 e. The third-order valence-corrected chi connectivity index (χ3v) is 1.02. The van der Waals surface area contributed by atoms with Gasteiger partial charge >= 0.3 is 5.97 Å². The van der Waals surface area contributed by atoms with Crippen molar-refractivity contribution >= 4 is 18.5 Å². The molecule has 0 aromatic rings. The maximum absolute atomic E-state index is 10.4. The fourth-order valence-corrected chi connectivity index (χ4v) is 0.550. The van der Waals surface area contributed by atoms with Crippen molar-refractivity contribution in [2.45, 2.75) is 0 Å². The fraction of sp³-hybridized carbons (Fsp3) is 0. The Balaban J connectivity index is 2.87. The number of nitrogens with zero attached hydrogens (tertiary/aromatic N) is 2.